The highest BCUT2D eigenvalue weighted by atomic mass is 35.5. The number of nitrogens with one attached hydrogen (secondary N) is 1. The Morgan fingerprint density at radius 2 is 2.06 bits per heavy atom. The average Bonchev–Trinajstić information content (AvgIpc) is 3.56. The van der Waals surface area contributed by atoms with E-state index in [1.54, 1.807) is 19.2 Å². The molecule has 2 heterocycles. The molecule has 2 unspecified atom stereocenters. The number of esters is 1. The van der Waals surface area contributed by atoms with Gasteiger partial charge in [-0.25, -0.2) is 0 Å². The minimum absolute atomic E-state index is 0.111. The second-order valence-electron chi connectivity index (χ2n) is 8.46. The first-order chi connectivity index (χ1) is 16.5. The van der Waals surface area contributed by atoms with Crippen LogP contribution in [0.5, 0.6) is 5.75 Å². The van der Waals surface area contributed by atoms with Crippen molar-refractivity contribution in [3.05, 3.63) is 52.7 Å². The lowest BCUT2D eigenvalue weighted by Crippen LogP contribution is -2.23. The molecule has 2 atom stereocenters. The number of H-pyrrole nitrogens is 1. The second-order valence-corrected chi connectivity index (χ2v) is 8.87. The van der Waals surface area contributed by atoms with Crippen LogP contribution >= 0.6 is 11.6 Å². The number of carbonyl (C=O) groups is 1. The van der Waals surface area contributed by atoms with Crippen LogP contribution in [0.2, 0.25) is 5.02 Å². The van der Waals surface area contributed by atoms with Crippen LogP contribution in [0.25, 0.3) is 33.7 Å². The third kappa shape index (κ3) is 3.84. The Bertz CT molecular complexity index is 1360. The van der Waals surface area contributed by atoms with Crippen LogP contribution < -0.4 is 4.74 Å². The molecule has 7 nitrogen and oxygen atoms in total. The molecule has 1 aliphatic carbocycles. The number of methoxy groups -OCH3 is 1. The number of aryl methyl sites for hydroxylation is 1. The molecule has 2 aromatic heterocycles. The summed E-state index contributed by atoms with van der Waals surface area (Å²) in [7, 11) is 1.57. The van der Waals surface area contributed by atoms with Gasteiger partial charge in [-0.05, 0) is 68.1 Å². The quantitative estimate of drug-likeness (QED) is 0.319. The van der Waals surface area contributed by atoms with E-state index in [0.29, 0.717) is 29.1 Å². The zero-order valence-electron chi connectivity index (χ0n) is 19.4. The lowest BCUT2D eigenvalue weighted by atomic mass is 9.88. The van der Waals surface area contributed by atoms with Crippen molar-refractivity contribution in [3.63, 3.8) is 0 Å². The maximum absolute atomic E-state index is 12.5. The number of aromatic amines is 1. The zero-order valence-corrected chi connectivity index (χ0v) is 20.1. The van der Waals surface area contributed by atoms with E-state index < -0.39 is 0 Å². The van der Waals surface area contributed by atoms with E-state index in [1.807, 2.05) is 32.0 Å². The Labute approximate surface area is 202 Å². The van der Waals surface area contributed by atoms with Crippen LogP contribution in [0.1, 0.15) is 43.9 Å². The predicted molar refractivity (Wildman–Crippen MR) is 130 cm³/mol. The topological polar surface area (TPSA) is 90.2 Å². The summed E-state index contributed by atoms with van der Waals surface area (Å²) in [4.78, 5) is 20.7. The molecule has 0 spiro atoms. The van der Waals surface area contributed by atoms with Gasteiger partial charge in [-0.3, -0.25) is 4.79 Å². The molecule has 34 heavy (non-hydrogen) atoms. The first-order valence-electron chi connectivity index (χ1n) is 11.5. The number of rotatable bonds is 7. The molecule has 176 valence electrons. The van der Waals surface area contributed by atoms with Crippen molar-refractivity contribution < 1.29 is 18.8 Å². The first-order valence-corrected chi connectivity index (χ1v) is 11.9. The van der Waals surface area contributed by atoms with Gasteiger partial charge in [0.05, 0.1) is 24.7 Å². The van der Waals surface area contributed by atoms with Gasteiger partial charge in [-0.15, -0.1) is 0 Å². The van der Waals surface area contributed by atoms with Gasteiger partial charge in [-0.2, -0.15) is 4.98 Å². The molecule has 0 saturated heterocycles. The van der Waals surface area contributed by atoms with Crippen molar-refractivity contribution in [2.45, 2.75) is 39.0 Å². The van der Waals surface area contributed by atoms with Crippen molar-refractivity contribution in [1.82, 2.24) is 15.1 Å². The normalized spacial score (nSPS) is 15.9. The van der Waals surface area contributed by atoms with E-state index in [9.17, 15) is 4.79 Å². The van der Waals surface area contributed by atoms with Gasteiger partial charge in [0.2, 0.25) is 5.82 Å². The van der Waals surface area contributed by atoms with Crippen molar-refractivity contribution >= 4 is 28.5 Å². The largest absolute Gasteiger partial charge is 0.495 e. The molecular formula is C26H26ClN3O4. The Hall–Kier alpha value is -3.32. The van der Waals surface area contributed by atoms with Gasteiger partial charge >= 0.3 is 5.97 Å². The van der Waals surface area contributed by atoms with Gasteiger partial charge in [0.1, 0.15) is 5.75 Å². The third-order valence-corrected chi connectivity index (χ3v) is 6.91. The predicted octanol–water partition coefficient (Wildman–Crippen LogP) is 6.17. The zero-order chi connectivity index (χ0) is 23.8. The van der Waals surface area contributed by atoms with Gasteiger partial charge in [0, 0.05) is 33.6 Å². The van der Waals surface area contributed by atoms with Crippen LogP contribution in [0.4, 0.5) is 0 Å². The Morgan fingerprint density at radius 3 is 2.79 bits per heavy atom. The van der Waals surface area contributed by atoms with Crippen LogP contribution in [-0.2, 0) is 16.0 Å². The number of hydrogen-bond donors (Lipinski definition) is 1. The Kier molecular flexibility index (Phi) is 6.04. The summed E-state index contributed by atoms with van der Waals surface area (Å²) in [5.41, 5.74) is 5.04. The summed E-state index contributed by atoms with van der Waals surface area (Å²) < 4.78 is 16.1. The minimum Gasteiger partial charge on any atom is -0.495 e. The number of halogens is 1. The summed E-state index contributed by atoms with van der Waals surface area (Å²) >= 11 is 6.24. The molecule has 0 radical (unpaired) electrons. The molecule has 4 aromatic rings. The summed E-state index contributed by atoms with van der Waals surface area (Å²) in [5, 5.41) is 5.80. The first kappa shape index (κ1) is 22.5. The van der Waals surface area contributed by atoms with E-state index in [-0.39, 0.29) is 17.8 Å². The van der Waals surface area contributed by atoms with Gasteiger partial charge in [0.25, 0.3) is 5.89 Å². The summed E-state index contributed by atoms with van der Waals surface area (Å²) in [5.74, 6) is 1.38. The monoisotopic (exact) mass is 479 g/mol. The number of fused-ring (bicyclic) bond motifs is 3. The molecule has 0 bridgehead atoms. The van der Waals surface area contributed by atoms with E-state index in [2.05, 4.69) is 21.2 Å². The number of benzene rings is 2. The average molecular weight is 480 g/mol. The van der Waals surface area contributed by atoms with Crippen molar-refractivity contribution in [1.29, 1.82) is 0 Å². The second kappa shape index (κ2) is 9.14. The summed E-state index contributed by atoms with van der Waals surface area (Å²) in [6.45, 7) is 4.30. The fraction of sp³-hybridized carbons (Fsp3) is 0.346. The highest BCUT2D eigenvalue weighted by Gasteiger charge is 2.36. The highest BCUT2D eigenvalue weighted by molar-refractivity contribution is 6.32. The molecule has 1 aliphatic rings. The van der Waals surface area contributed by atoms with E-state index >= 15 is 0 Å². The van der Waals surface area contributed by atoms with E-state index in [0.717, 1.165) is 47.0 Å². The maximum Gasteiger partial charge on any atom is 0.309 e. The molecule has 0 amide bonds. The lowest BCUT2D eigenvalue weighted by Gasteiger charge is -2.20. The van der Waals surface area contributed by atoms with Crippen LogP contribution in [0.15, 0.2) is 40.9 Å². The summed E-state index contributed by atoms with van der Waals surface area (Å²) in [6.07, 6.45) is 2.61. The van der Waals surface area contributed by atoms with E-state index in [1.165, 1.54) is 5.56 Å². The number of ether oxygens (including phenoxy) is 2. The van der Waals surface area contributed by atoms with Crippen molar-refractivity contribution in [2.24, 2.45) is 5.92 Å². The molecule has 5 rings (SSSR count). The smallest absolute Gasteiger partial charge is 0.309 e. The fourth-order valence-electron chi connectivity index (χ4n) is 4.96. The minimum atomic E-state index is -0.134. The van der Waals surface area contributed by atoms with Gasteiger partial charge in [-0.1, -0.05) is 23.7 Å². The Balaban J connectivity index is 1.46. The maximum atomic E-state index is 12.5. The van der Waals surface area contributed by atoms with Crippen LogP contribution in [0.3, 0.4) is 0 Å². The van der Waals surface area contributed by atoms with Gasteiger partial charge < -0.3 is 19.0 Å². The lowest BCUT2D eigenvalue weighted by molar-refractivity contribution is -0.149. The standard InChI is InChI=1S/C26H26ClN3O4/c1-4-16(26(31)33-5-2)17-8-9-18-19-12-14(6-10-21(19)28-23(17)18)24-29-25(34-30-24)15-7-11-22(32-3)20(27)13-15/h6-7,10-13,16-17,28H,4-5,8-9H2,1-3H3. The SMILES string of the molecule is CCOC(=O)C(CC)C1CCc2c1[nH]c1ccc(-c3noc(-c4ccc(OC)c(Cl)c4)n3)cc21. The molecule has 1 N–H and O–H groups in total. The number of nitrogens with zero attached hydrogens (tertiary/aromatic N) is 2. The third-order valence-electron chi connectivity index (χ3n) is 6.61. The number of hydrogen-bond acceptors (Lipinski definition) is 6. The van der Waals surface area contributed by atoms with Crippen LogP contribution in [-0.4, -0.2) is 34.8 Å². The molecule has 0 fully saturated rings. The molecule has 8 heteroatoms. The number of aromatic nitrogens is 3. The Morgan fingerprint density at radius 1 is 1.24 bits per heavy atom. The summed E-state index contributed by atoms with van der Waals surface area (Å²) in [6, 6.07) is 11.4. The fourth-order valence-corrected chi connectivity index (χ4v) is 5.22. The van der Waals surface area contributed by atoms with Crippen molar-refractivity contribution in [2.75, 3.05) is 13.7 Å². The highest BCUT2D eigenvalue weighted by Crippen LogP contribution is 2.43. The molecule has 0 aliphatic heterocycles. The van der Waals surface area contributed by atoms with Crippen molar-refractivity contribution in [3.8, 4) is 28.6 Å². The molecule has 0 saturated carbocycles. The molecular weight excluding hydrogens is 454 g/mol. The molecule has 2 aromatic carbocycles. The number of carbonyl (C=O) groups excluding carboxylic acids is 1. The van der Waals surface area contributed by atoms with E-state index in [4.69, 9.17) is 25.6 Å². The van der Waals surface area contributed by atoms with Crippen LogP contribution in [0, 0.1) is 5.92 Å². The van der Waals surface area contributed by atoms with Gasteiger partial charge in [0.15, 0.2) is 0 Å².